The molecule has 88 valence electrons. The van der Waals surface area contributed by atoms with Crippen molar-refractivity contribution in [3.05, 3.63) is 0 Å². The molecule has 0 heterocycles. The summed E-state index contributed by atoms with van der Waals surface area (Å²) in [6.45, 7) is 6.31. The van der Waals surface area contributed by atoms with Gasteiger partial charge in [-0.3, -0.25) is 4.79 Å². The number of hydrogen-bond acceptors (Lipinski definition) is 2. The van der Waals surface area contributed by atoms with E-state index in [1.807, 2.05) is 0 Å². The third-order valence-corrected chi connectivity index (χ3v) is 4.42. The van der Waals surface area contributed by atoms with E-state index in [-0.39, 0.29) is 11.4 Å². The van der Waals surface area contributed by atoms with Gasteiger partial charge >= 0.3 is 0 Å². The van der Waals surface area contributed by atoms with Gasteiger partial charge in [-0.25, -0.2) is 0 Å². The molecule has 0 N–H and O–H groups in total. The third kappa shape index (κ3) is 2.62. The van der Waals surface area contributed by atoms with Crippen LogP contribution >= 0.6 is 0 Å². The van der Waals surface area contributed by atoms with Crippen LogP contribution in [-0.4, -0.2) is 16.5 Å². The molecule has 1 rings (SSSR count). The predicted octanol–water partition coefficient (Wildman–Crippen LogP) is 2.05. The molecule has 0 spiro atoms. The van der Waals surface area contributed by atoms with Crippen LogP contribution in [0.15, 0.2) is 0 Å². The summed E-state index contributed by atoms with van der Waals surface area (Å²) in [5.41, 5.74) is -0.286. The van der Waals surface area contributed by atoms with E-state index in [2.05, 4.69) is 20.8 Å². The molecular formula is C12H24O2Si. The topological polar surface area (TPSA) is 26.3 Å². The van der Waals surface area contributed by atoms with Crippen LogP contribution in [0.4, 0.5) is 0 Å². The van der Waals surface area contributed by atoms with E-state index in [9.17, 15) is 4.79 Å². The Kier molecular flexibility index (Phi) is 4.38. The maximum absolute atomic E-state index is 11.8. The summed E-state index contributed by atoms with van der Waals surface area (Å²) < 4.78 is 5.06. The van der Waals surface area contributed by atoms with Gasteiger partial charge in [-0.15, -0.1) is 0 Å². The largest absolute Gasteiger partial charge is 0.528 e. The number of carbonyl (C=O) groups excluding carboxylic acids is 1. The first-order valence-corrected chi connectivity index (χ1v) is 6.94. The summed E-state index contributed by atoms with van der Waals surface area (Å²) >= 11 is 0. The Hall–Kier alpha value is -0.313. The minimum absolute atomic E-state index is 0.00733. The molecule has 0 aromatic heterocycles. The zero-order valence-electron chi connectivity index (χ0n) is 10.5. The summed E-state index contributed by atoms with van der Waals surface area (Å²) in [6.07, 6.45) is 6.38. The highest BCUT2D eigenvalue weighted by atomic mass is 28.2. The summed E-state index contributed by atoms with van der Waals surface area (Å²) in [5.74, 6) is 1.25. The molecule has 1 atom stereocenters. The number of rotatable bonds is 4. The Balaban J connectivity index is 2.75. The van der Waals surface area contributed by atoms with Crippen molar-refractivity contribution >= 4 is 16.5 Å². The fraction of sp³-hybridized carbons (Fsp3) is 0.917. The van der Waals surface area contributed by atoms with Gasteiger partial charge in [0.1, 0.15) is 0 Å². The summed E-state index contributed by atoms with van der Waals surface area (Å²) in [4.78, 5) is 11.8. The maximum atomic E-state index is 11.8. The third-order valence-electron chi connectivity index (χ3n) is 4.05. The number of carbonyl (C=O) groups is 1. The van der Waals surface area contributed by atoms with Crippen LogP contribution in [0.3, 0.4) is 0 Å². The molecule has 0 aromatic rings. The fourth-order valence-electron chi connectivity index (χ4n) is 3.21. The molecule has 1 fully saturated rings. The highest BCUT2D eigenvalue weighted by Gasteiger charge is 2.41. The Morgan fingerprint density at radius 3 is 2.40 bits per heavy atom. The van der Waals surface area contributed by atoms with Gasteiger partial charge in [0, 0.05) is 0 Å². The molecule has 0 aliphatic heterocycles. The first-order chi connectivity index (χ1) is 7.04. The van der Waals surface area contributed by atoms with Crippen LogP contribution < -0.4 is 0 Å². The van der Waals surface area contributed by atoms with Crippen molar-refractivity contribution in [1.29, 1.82) is 0 Å². The second-order valence-corrected chi connectivity index (χ2v) is 5.68. The predicted molar refractivity (Wildman–Crippen MR) is 65.6 cm³/mol. The normalized spacial score (nSPS) is 20.5. The van der Waals surface area contributed by atoms with Gasteiger partial charge in [0.25, 0.3) is 5.97 Å². The zero-order valence-corrected chi connectivity index (χ0v) is 12.5. The van der Waals surface area contributed by atoms with E-state index in [0.717, 1.165) is 12.3 Å². The van der Waals surface area contributed by atoms with Crippen molar-refractivity contribution in [3.8, 4) is 0 Å². The molecule has 0 saturated heterocycles. The zero-order chi connectivity index (χ0) is 11.5. The lowest BCUT2D eigenvalue weighted by Crippen LogP contribution is -2.37. The molecule has 1 aliphatic rings. The quantitative estimate of drug-likeness (QED) is 0.688. The fourth-order valence-corrected chi connectivity index (χ4v) is 3.73. The van der Waals surface area contributed by atoms with Crippen LogP contribution in [0.2, 0.25) is 0 Å². The van der Waals surface area contributed by atoms with E-state index in [1.54, 1.807) is 0 Å². The van der Waals surface area contributed by atoms with E-state index in [4.69, 9.17) is 4.43 Å². The van der Waals surface area contributed by atoms with Crippen LogP contribution in [-0.2, 0) is 9.22 Å². The highest BCUT2D eigenvalue weighted by Crippen LogP contribution is 2.43. The summed E-state index contributed by atoms with van der Waals surface area (Å²) in [5, 5.41) is 0. The highest BCUT2D eigenvalue weighted by molar-refractivity contribution is 6.06. The standard InChI is InChI=1S/C12H24O2Si/c1-4-10(9-7-5-6-8-9)12(2,3)11(13)14-15/h9-10H,4-8H2,1-3,15H3. The van der Waals surface area contributed by atoms with Crippen molar-refractivity contribution in [3.63, 3.8) is 0 Å². The van der Waals surface area contributed by atoms with Crippen LogP contribution in [0, 0.1) is 17.3 Å². The molecule has 1 unspecified atom stereocenters. The average Bonchev–Trinajstić information content (AvgIpc) is 2.70. The minimum Gasteiger partial charge on any atom is -0.528 e. The molecule has 15 heavy (non-hydrogen) atoms. The number of hydrogen-bond donors (Lipinski definition) is 0. The van der Waals surface area contributed by atoms with Gasteiger partial charge in [0.05, 0.1) is 5.41 Å². The van der Waals surface area contributed by atoms with Crippen molar-refractivity contribution < 1.29 is 9.22 Å². The smallest absolute Gasteiger partial charge is 0.297 e. The first kappa shape index (κ1) is 12.8. The van der Waals surface area contributed by atoms with Crippen LogP contribution in [0.5, 0.6) is 0 Å². The Morgan fingerprint density at radius 1 is 1.47 bits per heavy atom. The lowest BCUT2D eigenvalue weighted by atomic mass is 9.70. The van der Waals surface area contributed by atoms with Gasteiger partial charge in [-0.1, -0.05) is 39.0 Å². The van der Waals surface area contributed by atoms with Crippen LogP contribution in [0.25, 0.3) is 0 Å². The summed E-state index contributed by atoms with van der Waals surface area (Å²) in [6, 6.07) is 0. The van der Waals surface area contributed by atoms with Crippen molar-refractivity contribution in [2.75, 3.05) is 0 Å². The van der Waals surface area contributed by atoms with E-state index < -0.39 is 0 Å². The van der Waals surface area contributed by atoms with Crippen molar-refractivity contribution in [2.45, 2.75) is 52.9 Å². The molecule has 0 radical (unpaired) electrons. The average molecular weight is 228 g/mol. The summed E-state index contributed by atoms with van der Waals surface area (Å²) in [7, 11) is 0.517. The second-order valence-electron chi connectivity index (χ2n) is 5.27. The lowest BCUT2D eigenvalue weighted by molar-refractivity contribution is -0.148. The van der Waals surface area contributed by atoms with E-state index >= 15 is 0 Å². The van der Waals surface area contributed by atoms with Gasteiger partial charge in [0.2, 0.25) is 10.5 Å². The lowest BCUT2D eigenvalue weighted by Gasteiger charge is -2.35. The van der Waals surface area contributed by atoms with E-state index in [1.165, 1.54) is 25.7 Å². The van der Waals surface area contributed by atoms with Crippen LogP contribution in [0.1, 0.15) is 52.9 Å². The molecule has 3 heteroatoms. The first-order valence-electron chi connectivity index (χ1n) is 6.12. The van der Waals surface area contributed by atoms with Gasteiger partial charge in [0.15, 0.2) is 0 Å². The molecule has 0 aromatic carbocycles. The Bertz CT molecular complexity index is 220. The van der Waals surface area contributed by atoms with Crippen molar-refractivity contribution in [1.82, 2.24) is 0 Å². The molecular weight excluding hydrogens is 204 g/mol. The maximum Gasteiger partial charge on any atom is 0.297 e. The SMILES string of the molecule is CCC(C1CCCC1)C(C)(C)C(=O)O[SiH3]. The molecule has 1 aliphatic carbocycles. The monoisotopic (exact) mass is 228 g/mol. The van der Waals surface area contributed by atoms with Gasteiger partial charge in [-0.05, 0) is 25.7 Å². The van der Waals surface area contributed by atoms with Gasteiger partial charge < -0.3 is 4.43 Å². The molecule has 2 nitrogen and oxygen atoms in total. The Labute approximate surface area is 96.3 Å². The second kappa shape index (κ2) is 5.15. The Morgan fingerprint density at radius 2 is 2.00 bits per heavy atom. The minimum atomic E-state index is -0.286. The molecule has 0 amide bonds. The molecule has 1 saturated carbocycles. The van der Waals surface area contributed by atoms with Gasteiger partial charge in [-0.2, -0.15) is 0 Å². The van der Waals surface area contributed by atoms with E-state index in [0.29, 0.717) is 16.4 Å². The molecule has 0 bridgehead atoms. The van der Waals surface area contributed by atoms with Crippen molar-refractivity contribution in [2.24, 2.45) is 17.3 Å².